The lowest BCUT2D eigenvalue weighted by molar-refractivity contribution is -0.139. The Morgan fingerprint density at radius 3 is 2.65 bits per heavy atom. The van der Waals surface area contributed by atoms with Crippen molar-refractivity contribution < 1.29 is 19.1 Å². The van der Waals surface area contributed by atoms with Crippen LogP contribution in [0.2, 0.25) is 5.02 Å². The number of nitrogens with one attached hydrogen (secondary N) is 1. The second-order valence-electron chi connectivity index (χ2n) is 3.90. The van der Waals surface area contributed by atoms with E-state index < -0.39 is 23.7 Å². The van der Waals surface area contributed by atoms with Crippen LogP contribution < -0.4 is 5.32 Å². The first-order valence-corrected chi connectivity index (χ1v) is 6.77. The van der Waals surface area contributed by atoms with Crippen molar-refractivity contribution in [1.82, 2.24) is 5.32 Å². The average molecular weight is 314 g/mol. The van der Waals surface area contributed by atoms with Crippen LogP contribution in [0.5, 0.6) is 0 Å². The van der Waals surface area contributed by atoms with Crippen LogP contribution in [0, 0.1) is 5.82 Å². The van der Waals surface area contributed by atoms with Crippen molar-refractivity contribution in [3.8, 4) is 0 Å². The van der Waals surface area contributed by atoms with E-state index in [0.717, 1.165) is 6.07 Å². The summed E-state index contributed by atoms with van der Waals surface area (Å²) in [6.07, 6.45) is 0. The number of halogens is 2. The maximum atomic E-state index is 13.4. The molecule has 0 aliphatic heterocycles. The number of hydrogen-bond donors (Lipinski definition) is 2. The molecule has 2 aromatic rings. The Morgan fingerprint density at radius 2 is 2.10 bits per heavy atom. The molecule has 1 heterocycles. The van der Waals surface area contributed by atoms with Gasteiger partial charge in [0.2, 0.25) is 0 Å². The van der Waals surface area contributed by atoms with Gasteiger partial charge in [-0.2, -0.15) is 0 Å². The summed E-state index contributed by atoms with van der Waals surface area (Å²) < 4.78 is 13.4. The summed E-state index contributed by atoms with van der Waals surface area (Å²) >= 11 is 6.73. The average Bonchev–Trinajstić information content (AvgIpc) is 2.93. The zero-order valence-corrected chi connectivity index (χ0v) is 11.5. The monoisotopic (exact) mass is 313 g/mol. The molecule has 1 aromatic heterocycles. The largest absolute Gasteiger partial charge is 0.479 e. The fraction of sp³-hybridized carbons (Fsp3) is 0.0769. The summed E-state index contributed by atoms with van der Waals surface area (Å²) in [4.78, 5) is 23.5. The SMILES string of the molecule is O=C(NC(C(=O)O)c1ccc(Cl)c(F)c1)c1cccs1. The van der Waals surface area contributed by atoms with E-state index in [1.165, 1.54) is 23.5 Å². The quantitative estimate of drug-likeness (QED) is 0.911. The molecule has 0 saturated heterocycles. The Bertz CT molecular complexity index is 645. The number of carboxylic acid groups (broad SMARTS) is 1. The summed E-state index contributed by atoms with van der Waals surface area (Å²) in [5.74, 6) is -2.54. The van der Waals surface area contributed by atoms with E-state index in [2.05, 4.69) is 5.32 Å². The van der Waals surface area contributed by atoms with Gasteiger partial charge >= 0.3 is 5.97 Å². The van der Waals surface area contributed by atoms with Gasteiger partial charge in [-0.05, 0) is 29.1 Å². The molecule has 20 heavy (non-hydrogen) atoms. The summed E-state index contributed by atoms with van der Waals surface area (Å²) in [5, 5.41) is 13.1. The fourth-order valence-corrected chi connectivity index (χ4v) is 2.33. The second-order valence-corrected chi connectivity index (χ2v) is 5.25. The van der Waals surface area contributed by atoms with Crippen molar-refractivity contribution in [3.63, 3.8) is 0 Å². The smallest absolute Gasteiger partial charge is 0.330 e. The molecule has 1 atom stereocenters. The van der Waals surface area contributed by atoms with Crippen molar-refractivity contribution >= 4 is 34.8 Å². The van der Waals surface area contributed by atoms with Crippen molar-refractivity contribution in [2.24, 2.45) is 0 Å². The zero-order valence-electron chi connectivity index (χ0n) is 9.97. The molecule has 104 valence electrons. The van der Waals surface area contributed by atoms with Gasteiger partial charge in [0.25, 0.3) is 5.91 Å². The molecular weight excluding hydrogens is 305 g/mol. The number of amides is 1. The van der Waals surface area contributed by atoms with Gasteiger partial charge < -0.3 is 10.4 Å². The maximum Gasteiger partial charge on any atom is 0.330 e. The number of aliphatic carboxylic acids is 1. The van der Waals surface area contributed by atoms with Gasteiger partial charge in [-0.25, -0.2) is 9.18 Å². The Hall–Kier alpha value is -1.92. The molecule has 0 spiro atoms. The van der Waals surface area contributed by atoms with Gasteiger partial charge in [-0.15, -0.1) is 11.3 Å². The van der Waals surface area contributed by atoms with Crippen LogP contribution in [-0.2, 0) is 4.79 Å². The maximum absolute atomic E-state index is 13.4. The molecule has 0 radical (unpaired) electrons. The number of carbonyl (C=O) groups is 2. The van der Waals surface area contributed by atoms with E-state index in [4.69, 9.17) is 16.7 Å². The highest BCUT2D eigenvalue weighted by molar-refractivity contribution is 7.12. The first-order valence-electron chi connectivity index (χ1n) is 5.51. The normalized spacial score (nSPS) is 11.9. The minimum atomic E-state index is -1.34. The molecule has 7 heteroatoms. The van der Waals surface area contributed by atoms with E-state index in [-0.39, 0.29) is 10.6 Å². The van der Waals surface area contributed by atoms with Crippen molar-refractivity contribution in [2.75, 3.05) is 0 Å². The topological polar surface area (TPSA) is 66.4 Å². The molecule has 1 unspecified atom stereocenters. The van der Waals surface area contributed by atoms with Crippen LogP contribution in [0.25, 0.3) is 0 Å². The number of carbonyl (C=O) groups excluding carboxylic acids is 1. The summed E-state index contributed by atoms with van der Waals surface area (Å²) in [7, 11) is 0. The van der Waals surface area contributed by atoms with Crippen molar-refractivity contribution in [1.29, 1.82) is 0 Å². The van der Waals surface area contributed by atoms with Crippen LogP contribution in [0.4, 0.5) is 4.39 Å². The molecule has 2 rings (SSSR count). The molecule has 0 fully saturated rings. The molecule has 4 nitrogen and oxygen atoms in total. The van der Waals surface area contributed by atoms with E-state index >= 15 is 0 Å². The third kappa shape index (κ3) is 3.15. The lowest BCUT2D eigenvalue weighted by Gasteiger charge is -2.14. The summed E-state index contributed by atoms with van der Waals surface area (Å²) in [6.45, 7) is 0. The van der Waals surface area contributed by atoms with Crippen LogP contribution in [0.3, 0.4) is 0 Å². The minimum Gasteiger partial charge on any atom is -0.479 e. The minimum absolute atomic E-state index is 0.109. The highest BCUT2D eigenvalue weighted by atomic mass is 35.5. The third-order valence-corrected chi connectivity index (χ3v) is 3.72. The predicted octanol–water partition coefficient (Wildman–Crippen LogP) is 3.10. The lowest BCUT2D eigenvalue weighted by atomic mass is 10.1. The highest BCUT2D eigenvalue weighted by Gasteiger charge is 2.23. The molecule has 1 amide bonds. The van der Waals surface area contributed by atoms with Gasteiger partial charge in [0.05, 0.1) is 9.90 Å². The number of benzene rings is 1. The van der Waals surface area contributed by atoms with E-state index in [1.54, 1.807) is 17.5 Å². The fourth-order valence-electron chi connectivity index (χ4n) is 1.59. The molecular formula is C13H9ClFNO3S. The van der Waals surface area contributed by atoms with Crippen LogP contribution >= 0.6 is 22.9 Å². The first kappa shape index (κ1) is 14.5. The zero-order chi connectivity index (χ0) is 14.7. The van der Waals surface area contributed by atoms with Crippen LogP contribution in [0.15, 0.2) is 35.7 Å². The third-order valence-electron chi connectivity index (χ3n) is 2.54. The molecule has 0 bridgehead atoms. The molecule has 0 aliphatic carbocycles. The van der Waals surface area contributed by atoms with Crippen molar-refractivity contribution in [2.45, 2.75) is 6.04 Å². The second kappa shape index (κ2) is 6.02. The number of rotatable bonds is 4. The molecule has 2 N–H and O–H groups in total. The number of hydrogen-bond acceptors (Lipinski definition) is 3. The lowest BCUT2D eigenvalue weighted by Crippen LogP contribution is -2.33. The van der Waals surface area contributed by atoms with Crippen molar-refractivity contribution in [3.05, 3.63) is 57.0 Å². The summed E-state index contributed by atoms with van der Waals surface area (Å²) in [5.41, 5.74) is 0.115. The van der Waals surface area contributed by atoms with Gasteiger partial charge in [0.1, 0.15) is 5.82 Å². The standard InChI is InChI=1S/C13H9ClFNO3S/c14-8-4-3-7(6-9(8)15)11(13(18)19)16-12(17)10-2-1-5-20-10/h1-6,11H,(H,16,17)(H,18,19). The van der Waals surface area contributed by atoms with Crippen LogP contribution in [-0.4, -0.2) is 17.0 Å². The van der Waals surface area contributed by atoms with Gasteiger partial charge in [0.15, 0.2) is 6.04 Å². The van der Waals surface area contributed by atoms with E-state index in [0.29, 0.717) is 4.88 Å². The molecule has 0 aliphatic rings. The first-order chi connectivity index (χ1) is 9.49. The Balaban J connectivity index is 2.25. The Kier molecular flexibility index (Phi) is 4.36. The van der Waals surface area contributed by atoms with Gasteiger partial charge in [-0.3, -0.25) is 4.79 Å². The molecule has 1 aromatic carbocycles. The van der Waals surface area contributed by atoms with E-state index in [1.807, 2.05) is 0 Å². The predicted molar refractivity (Wildman–Crippen MR) is 73.6 cm³/mol. The number of thiophene rings is 1. The number of carboxylic acids is 1. The van der Waals surface area contributed by atoms with E-state index in [9.17, 15) is 14.0 Å². The molecule has 0 saturated carbocycles. The highest BCUT2D eigenvalue weighted by Crippen LogP contribution is 2.21. The summed E-state index contributed by atoms with van der Waals surface area (Å²) in [6, 6.07) is 5.52. The van der Waals surface area contributed by atoms with Crippen LogP contribution in [0.1, 0.15) is 21.3 Å². The van der Waals surface area contributed by atoms with Gasteiger partial charge in [-0.1, -0.05) is 23.7 Å². The van der Waals surface area contributed by atoms with Gasteiger partial charge in [0, 0.05) is 0 Å². The Morgan fingerprint density at radius 1 is 1.35 bits per heavy atom. The Labute approximate surface area is 122 Å².